The molecule has 2 aromatic rings. The predicted octanol–water partition coefficient (Wildman–Crippen LogP) is 2.40. The van der Waals surface area contributed by atoms with Crippen LogP contribution in [0.4, 0.5) is 10.5 Å². The molecule has 26 heavy (non-hydrogen) atoms. The fraction of sp³-hybridized carbons (Fsp3) is 0.316. The Labute approximate surface area is 153 Å². The number of hydrogen-bond donors (Lipinski definition) is 0. The first-order valence-electron chi connectivity index (χ1n) is 8.59. The minimum absolute atomic E-state index is 0.00762. The van der Waals surface area contributed by atoms with Crippen LogP contribution in [0.25, 0.3) is 0 Å². The first kappa shape index (κ1) is 17.1. The van der Waals surface area contributed by atoms with Crippen LogP contribution in [0.15, 0.2) is 48.5 Å². The molecule has 2 aliphatic rings. The second-order valence-electron chi connectivity index (χ2n) is 6.83. The van der Waals surface area contributed by atoms with Gasteiger partial charge in [0.15, 0.2) is 0 Å². The van der Waals surface area contributed by atoms with Crippen molar-refractivity contribution in [2.75, 3.05) is 24.2 Å². The van der Waals surface area contributed by atoms with Crippen molar-refractivity contribution in [1.82, 2.24) is 9.21 Å². The van der Waals surface area contributed by atoms with Crippen LogP contribution in [0.2, 0.25) is 0 Å². The van der Waals surface area contributed by atoms with Crippen molar-refractivity contribution in [1.29, 1.82) is 0 Å². The van der Waals surface area contributed by atoms with E-state index < -0.39 is 10.0 Å². The molecule has 1 fully saturated rings. The summed E-state index contributed by atoms with van der Waals surface area (Å²) in [5, 5.41) is 0. The molecule has 0 unspecified atom stereocenters. The Kier molecular flexibility index (Phi) is 4.20. The lowest BCUT2D eigenvalue weighted by atomic mass is 10.1. The standard InChI is InChI=1S/C19H21N3O3S/c1-26(24,25)21-13-16-7-8-18(11-17(16)14-21)22-10-9-20(19(22)23)12-15-5-3-2-4-6-15/h2-8,11H,9-10,12-14H2,1H3. The Balaban J connectivity index is 1.50. The van der Waals surface area contributed by atoms with Crippen LogP contribution in [-0.4, -0.2) is 43.0 Å². The molecule has 7 heteroatoms. The van der Waals surface area contributed by atoms with Crippen molar-refractivity contribution >= 4 is 21.7 Å². The maximum Gasteiger partial charge on any atom is 0.324 e. The summed E-state index contributed by atoms with van der Waals surface area (Å²) < 4.78 is 25.0. The van der Waals surface area contributed by atoms with Crippen molar-refractivity contribution in [2.24, 2.45) is 0 Å². The lowest BCUT2D eigenvalue weighted by Gasteiger charge is -2.19. The van der Waals surface area contributed by atoms with E-state index in [2.05, 4.69) is 0 Å². The number of carbonyl (C=O) groups is 1. The molecule has 0 N–H and O–H groups in total. The van der Waals surface area contributed by atoms with Crippen molar-refractivity contribution in [2.45, 2.75) is 19.6 Å². The summed E-state index contributed by atoms with van der Waals surface area (Å²) in [6.07, 6.45) is 1.23. The molecule has 0 bridgehead atoms. The van der Waals surface area contributed by atoms with Gasteiger partial charge < -0.3 is 4.90 Å². The lowest BCUT2D eigenvalue weighted by Crippen LogP contribution is -2.31. The van der Waals surface area contributed by atoms with Crippen LogP contribution in [0.5, 0.6) is 0 Å². The van der Waals surface area contributed by atoms with E-state index in [9.17, 15) is 13.2 Å². The SMILES string of the molecule is CS(=O)(=O)N1Cc2ccc(N3CCN(Cc4ccccc4)C3=O)cc2C1. The monoisotopic (exact) mass is 371 g/mol. The molecule has 4 rings (SSSR count). The molecule has 2 aromatic carbocycles. The lowest BCUT2D eigenvalue weighted by molar-refractivity contribution is 0.219. The molecule has 0 saturated carbocycles. The average Bonchev–Trinajstić information content (AvgIpc) is 3.19. The highest BCUT2D eigenvalue weighted by Gasteiger charge is 2.31. The number of nitrogens with zero attached hydrogens (tertiary/aromatic N) is 3. The molecule has 2 aliphatic heterocycles. The van der Waals surface area contributed by atoms with Gasteiger partial charge in [0.25, 0.3) is 0 Å². The van der Waals surface area contributed by atoms with Crippen molar-refractivity contribution < 1.29 is 13.2 Å². The summed E-state index contributed by atoms with van der Waals surface area (Å²) >= 11 is 0. The van der Waals surface area contributed by atoms with Gasteiger partial charge in [-0.2, -0.15) is 4.31 Å². The highest BCUT2D eigenvalue weighted by molar-refractivity contribution is 7.88. The molecule has 136 valence electrons. The Morgan fingerprint density at radius 1 is 0.962 bits per heavy atom. The van der Waals surface area contributed by atoms with Crippen LogP contribution in [0.3, 0.4) is 0 Å². The zero-order valence-corrected chi connectivity index (χ0v) is 15.4. The van der Waals surface area contributed by atoms with E-state index in [0.717, 1.165) is 22.4 Å². The van der Waals surface area contributed by atoms with E-state index in [4.69, 9.17) is 0 Å². The average molecular weight is 371 g/mol. The smallest absolute Gasteiger partial charge is 0.318 e. The van der Waals surface area contributed by atoms with Crippen LogP contribution in [0.1, 0.15) is 16.7 Å². The van der Waals surface area contributed by atoms with Crippen molar-refractivity contribution in [3.63, 3.8) is 0 Å². The van der Waals surface area contributed by atoms with Gasteiger partial charge >= 0.3 is 6.03 Å². The summed E-state index contributed by atoms with van der Waals surface area (Å²) in [5.41, 5.74) is 3.93. The maximum atomic E-state index is 12.8. The van der Waals surface area contributed by atoms with Crippen LogP contribution in [0, 0.1) is 0 Å². The van der Waals surface area contributed by atoms with Gasteiger partial charge in [0.05, 0.1) is 6.26 Å². The minimum Gasteiger partial charge on any atom is -0.318 e. The Morgan fingerprint density at radius 3 is 2.42 bits per heavy atom. The first-order valence-corrected chi connectivity index (χ1v) is 10.4. The van der Waals surface area contributed by atoms with Crippen LogP contribution < -0.4 is 4.90 Å². The van der Waals surface area contributed by atoms with Gasteiger partial charge in [-0.15, -0.1) is 0 Å². The van der Waals surface area contributed by atoms with Gasteiger partial charge in [-0.25, -0.2) is 13.2 Å². The molecule has 0 atom stereocenters. The predicted molar refractivity (Wildman–Crippen MR) is 100 cm³/mol. The second-order valence-corrected chi connectivity index (χ2v) is 8.81. The van der Waals surface area contributed by atoms with Crippen molar-refractivity contribution in [3.05, 3.63) is 65.2 Å². The van der Waals surface area contributed by atoms with E-state index in [1.165, 1.54) is 10.6 Å². The van der Waals surface area contributed by atoms with Crippen molar-refractivity contribution in [3.8, 4) is 0 Å². The molecule has 0 spiro atoms. The number of sulfonamides is 1. The molecule has 0 radical (unpaired) electrons. The van der Waals surface area contributed by atoms with E-state index in [1.807, 2.05) is 53.4 Å². The molecule has 1 saturated heterocycles. The fourth-order valence-electron chi connectivity index (χ4n) is 3.52. The molecule has 2 amide bonds. The Bertz CT molecular complexity index is 944. The highest BCUT2D eigenvalue weighted by Crippen LogP contribution is 2.30. The summed E-state index contributed by atoms with van der Waals surface area (Å²) in [7, 11) is -3.21. The number of benzene rings is 2. The van der Waals surface area contributed by atoms with Gasteiger partial charge in [0.1, 0.15) is 0 Å². The fourth-order valence-corrected chi connectivity index (χ4v) is 4.27. The zero-order valence-electron chi connectivity index (χ0n) is 14.6. The number of fused-ring (bicyclic) bond motifs is 1. The number of carbonyl (C=O) groups excluding carboxylic acids is 1. The largest absolute Gasteiger partial charge is 0.324 e. The number of amides is 2. The third kappa shape index (κ3) is 3.20. The minimum atomic E-state index is -3.21. The number of hydrogen-bond acceptors (Lipinski definition) is 3. The number of rotatable bonds is 4. The maximum absolute atomic E-state index is 12.8. The summed E-state index contributed by atoms with van der Waals surface area (Å²) in [6, 6.07) is 15.7. The zero-order chi connectivity index (χ0) is 18.3. The van der Waals surface area contributed by atoms with Gasteiger partial charge in [-0.3, -0.25) is 4.90 Å². The molecule has 2 heterocycles. The molecule has 0 aliphatic carbocycles. The van der Waals surface area contributed by atoms with Crippen LogP contribution >= 0.6 is 0 Å². The van der Waals surface area contributed by atoms with E-state index in [-0.39, 0.29) is 6.03 Å². The van der Waals surface area contributed by atoms with E-state index in [0.29, 0.717) is 32.7 Å². The third-order valence-electron chi connectivity index (χ3n) is 4.98. The highest BCUT2D eigenvalue weighted by atomic mass is 32.2. The van der Waals surface area contributed by atoms with Crippen LogP contribution in [-0.2, 0) is 29.7 Å². The third-order valence-corrected chi connectivity index (χ3v) is 6.17. The Morgan fingerprint density at radius 2 is 1.69 bits per heavy atom. The van der Waals surface area contributed by atoms with E-state index >= 15 is 0 Å². The van der Waals surface area contributed by atoms with Gasteiger partial charge in [0.2, 0.25) is 10.0 Å². The quantitative estimate of drug-likeness (QED) is 0.829. The molecule has 0 aromatic heterocycles. The summed E-state index contributed by atoms with van der Waals surface area (Å²) in [4.78, 5) is 16.4. The summed E-state index contributed by atoms with van der Waals surface area (Å²) in [5.74, 6) is 0. The second kappa shape index (κ2) is 6.41. The number of urea groups is 1. The molecule has 6 nitrogen and oxygen atoms in total. The van der Waals surface area contributed by atoms with Gasteiger partial charge in [0, 0.05) is 38.4 Å². The molecular weight excluding hydrogens is 350 g/mol. The van der Waals surface area contributed by atoms with E-state index in [1.54, 1.807) is 4.90 Å². The van der Waals surface area contributed by atoms with Gasteiger partial charge in [-0.05, 0) is 28.8 Å². The first-order chi connectivity index (χ1) is 12.4. The normalized spacial score (nSPS) is 17.8. The topological polar surface area (TPSA) is 60.9 Å². The Hall–Kier alpha value is -2.38. The number of anilines is 1. The summed E-state index contributed by atoms with van der Waals surface area (Å²) in [6.45, 7) is 2.70. The molecular formula is C19H21N3O3S. The van der Waals surface area contributed by atoms with Gasteiger partial charge in [-0.1, -0.05) is 36.4 Å².